The third-order valence-electron chi connectivity index (χ3n) is 6.44. The summed E-state index contributed by atoms with van der Waals surface area (Å²) < 4.78 is 14.0. The zero-order valence-electron chi connectivity index (χ0n) is 24.6. The Kier molecular flexibility index (Phi) is 12.1. The van der Waals surface area contributed by atoms with Gasteiger partial charge in [-0.1, -0.05) is 51.8 Å². The van der Waals surface area contributed by atoms with Crippen molar-refractivity contribution in [1.29, 1.82) is 0 Å². The van der Waals surface area contributed by atoms with E-state index in [0.29, 0.717) is 0 Å². The Balaban J connectivity index is 0.00000134. The number of rotatable bonds is 12. The van der Waals surface area contributed by atoms with Crippen LogP contribution in [0.1, 0.15) is 58.3 Å². The first-order valence-corrected chi connectivity index (χ1v) is 14.3. The van der Waals surface area contributed by atoms with Gasteiger partial charge in [0.15, 0.2) is 0 Å². The van der Waals surface area contributed by atoms with Crippen LogP contribution in [0.25, 0.3) is 16.9 Å². The van der Waals surface area contributed by atoms with E-state index >= 15 is 0 Å². The van der Waals surface area contributed by atoms with Crippen LogP contribution in [-0.4, -0.2) is 40.7 Å². The van der Waals surface area contributed by atoms with Gasteiger partial charge in [0.25, 0.3) is 0 Å². The quantitative estimate of drug-likeness (QED) is 0.173. The summed E-state index contributed by atoms with van der Waals surface area (Å²) in [5.41, 5.74) is 4.27. The highest BCUT2D eigenvalue weighted by atomic mass is 16.5. The Bertz CT molecular complexity index is 1230. The standard InChI is InChI=1S/C31H37N3O2.C3H8/c1-5-33(6-2)21-7-8-22-35-28-19-13-27(14-20-28)34-23-31(32-25(34)4)26-11-17-30(18-12-26)36-29-15-9-24(3)10-16-29;1-3-2/h9-20,23H,5-8,21-22H2,1-4H3;3H2,1-2H3. The van der Waals surface area contributed by atoms with Gasteiger partial charge in [-0.05, 0) is 107 Å². The molecule has 0 aliphatic heterocycles. The highest BCUT2D eigenvalue weighted by Crippen LogP contribution is 2.27. The molecule has 3 aromatic carbocycles. The van der Waals surface area contributed by atoms with E-state index in [1.54, 1.807) is 0 Å². The molecule has 0 radical (unpaired) electrons. The van der Waals surface area contributed by atoms with Crippen molar-refractivity contribution in [1.82, 2.24) is 14.5 Å². The minimum absolute atomic E-state index is 0.749. The number of ether oxygens (including phenoxy) is 2. The summed E-state index contributed by atoms with van der Waals surface area (Å²) >= 11 is 0. The Morgan fingerprint density at radius 1 is 0.718 bits per heavy atom. The Hall–Kier alpha value is -3.57. The van der Waals surface area contributed by atoms with Crippen LogP contribution >= 0.6 is 0 Å². The van der Waals surface area contributed by atoms with E-state index in [0.717, 1.165) is 79.1 Å². The van der Waals surface area contributed by atoms with E-state index in [2.05, 4.69) is 62.4 Å². The fourth-order valence-corrected chi connectivity index (χ4v) is 4.18. The van der Waals surface area contributed by atoms with Crippen LogP contribution in [0, 0.1) is 13.8 Å². The van der Waals surface area contributed by atoms with Crippen molar-refractivity contribution in [2.24, 2.45) is 0 Å². The molecule has 4 rings (SSSR count). The first kappa shape index (κ1) is 30.0. The zero-order chi connectivity index (χ0) is 28.0. The van der Waals surface area contributed by atoms with Crippen molar-refractivity contribution < 1.29 is 9.47 Å². The third kappa shape index (κ3) is 9.29. The largest absolute Gasteiger partial charge is 0.494 e. The number of imidazole rings is 1. The molecule has 1 aromatic heterocycles. The maximum absolute atomic E-state index is 5.96. The average Bonchev–Trinajstić information content (AvgIpc) is 3.34. The molecule has 0 unspecified atom stereocenters. The molecular formula is C34H45N3O2. The number of unbranched alkanes of at least 4 members (excludes halogenated alkanes) is 1. The van der Waals surface area contributed by atoms with E-state index in [4.69, 9.17) is 14.5 Å². The lowest BCUT2D eigenvalue weighted by Gasteiger charge is -2.17. The second-order valence-corrected chi connectivity index (χ2v) is 9.77. The normalized spacial score (nSPS) is 10.7. The van der Waals surface area contributed by atoms with Crippen molar-refractivity contribution in [2.45, 2.75) is 60.8 Å². The highest BCUT2D eigenvalue weighted by molar-refractivity contribution is 5.61. The molecule has 0 saturated heterocycles. The number of aryl methyl sites for hydroxylation is 2. The highest BCUT2D eigenvalue weighted by Gasteiger charge is 2.09. The minimum Gasteiger partial charge on any atom is -0.494 e. The summed E-state index contributed by atoms with van der Waals surface area (Å²) in [4.78, 5) is 7.24. The molecule has 0 spiro atoms. The van der Waals surface area contributed by atoms with Gasteiger partial charge in [0.05, 0.1) is 12.3 Å². The predicted octanol–water partition coefficient (Wildman–Crippen LogP) is 8.87. The number of aromatic nitrogens is 2. The zero-order valence-corrected chi connectivity index (χ0v) is 24.6. The number of benzene rings is 3. The molecule has 0 amide bonds. The maximum atomic E-state index is 5.96. The molecule has 0 N–H and O–H groups in total. The van der Waals surface area contributed by atoms with Gasteiger partial charge in [0.1, 0.15) is 23.1 Å². The van der Waals surface area contributed by atoms with Crippen LogP contribution < -0.4 is 9.47 Å². The van der Waals surface area contributed by atoms with Gasteiger partial charge in [-0.15, -0.1) is 0 Å². The van der Waals surface area contributed by atoms with Crippen molar-refractivity contribution in [3.05, 3.63) is 90.4 Å². The first-order valence-electron chi connectivity index (χ1n) is 14.3. The van der Waals surface area contributed by atoms with Crippen LogP contribution in [0.4, 0.5) is 0 Å². The molecule has 1 heterocycles. The van der Waals surface area contributed by atoms with E-state index in [1.165, 1.54) is 12.0 Å². The molecule has 5 nitrogen and oxygen atoms in total. The van der Waals surface area contributed by atoms with Crippen LogP contribution in [0.3, 0.4) is 0 Å². The molecule has 0 saturated carbocycles. The second kappa shape index (κ2) is 15.7. The molecule has 0 bridgehead atoms. The van der Waals surface area contributed by atoms with Gasteiger partial charge in [-0.25, -0.2) is 4.98 Å². The van der Waals surface area contributed by atoms with Crippen LogP contribution in [0.15, 0.2) is 79.0 Å². The number of hydrogen-bond donors (Lipinski definition) is 0. The monoisotopic (exact) mass is 527 g/mol. The summed E-state index contributed by atoms with van der Waals surface area (Å²) in [7, 11) is 0. The van der Waals surface area contributed by atoms with E-state index < -0.39 is 0 Å². The summed E-state index contributed by atoms with van der Waals surface area (Å²) in [6, 6.07) is 24.4. The summed E-state index contributed by atoms with van der Waals surface area (Å²) in [6.45, 7) is 16.9. The Morgan fingerprint density at radius 3 is 1.87 bits per heavy atom. The minimum atomic E-state index is 0.749. The smallest absolute Gasteiger partial charge is 0.127 e. The van der Waals surface area contributed by atoms with Gasteiger partial charge >= 0.3 is 0 Å². The van der Waals surface area contributed by atoms with Gasteiger partial charge < -0.3 is 18.9 Å². The number of hydrogen-bond acceptors (Lipinski definition) is 4. The van der Waals surface area contributed by atoms with Crippen LogP contribution in [-0.2, 0) is 0 Å². The van der Waals surface area contributed by atoms with Crippen molar-refractivity contribution >= 4 is 0 Å². The Morgan fingerprint density at radius 2 is 1.28 bits per heavy atom. The lowest BCUT2D eigenvalue weighted by Crippen LogP contribution is -2.24. The average molecular weight is 528 g/mol. The lowest BCUT2D eigenvalue weighted by molar-refractivity contribution is 0.266. The molecule has 39 heavy (non-hydrogen) atoms. The first-order chi connectivity index (χ1) is 19.0. The van der Waals surface area contributed by atoms with E-state index in [9.17, 15) is 0 Å². The SMILES string of the molecule is CCC.CCN(CC)CCCCOc1ccc(-n2cc(-c3ccc(Oc4ccc(C)cc4)cc3)nc2C)cc1. The second-order valence-electron chi connectivity index (χ2n) is 9.77. The molecular weight excluding hydrogens is 482 g/mol. The molecule has 5 heteroatoms. The van der Waals surface area contributed by atoms with Crippen LogP contribution in [0.5, 0.6) is 17.2 Å². The molecule has 0 atom stereocenters. The summed E-state index contributed by atoms with van der Waals surface area (Å²) in [6.07, 6.45) is 5.56. The van der Waals surface area contributed by atoms with Crippen LogP contribution in [0.2, 0.25) is 0 Å². The molecule has 0 fully saturated rings. The fraction of sp³-hybridized carbons (Fsp3) is 0.382. The third-order valence-corrected chi connectivity index (χ3v) is 6.44. The van der Waals surface area contributed by atoms with E-state index in [1.807, 2.05) is 67.6 Å². The van der Waals surface area contributed by atoms with Gasteiger partial charge in [-0.3, -0.25) is 0 Å². The molecule has 0 aliphatic rings. The molecule has 0 aliphatic carbocycles. The predicted molar refractivity (Wildman–Crippen MR) is 163 cm³/mol. The van der Waals surface area contributed by atoms with Crippen molar-refractivity contribution in [3.63, 3.8) is 0 Å². The summed E-state index contributed by atoms with van der Waals surface area (Å²) in [5, 5.41) is 0. The van der Waals surface area contributed by atoms with Gasteiger partial charge in [-0.2, -0.15) is 0 Å². The van der Waals surface area contributed by atoms with Crippen molar-refractivity contribution in [2.75, 3.05) is 26.2 Å². The molecule has 208 valence electrons. The van der Waals surface area contributed by atoms with Gasteiger partial charge in [0, 0.05) is 17.4 Å². The maximum Gasteiger partial charge on any atom is 0.127 e. The van der Waals surface area contributed by atoms with E-state index in [-0.39, 0.29) is 0 Å². The topological polar surface area (TPSA) is 39.5 Å². The lowest BCUT2D eigenvalue weighted by atomic mass is 10.1. The van der Waals surface area contributed by atoms with Crippen molar-refractivity contribution in [3.8, 4) is 34.2 Å². The fourth-order valence-electron chi connectivity index (χ4n) is 4.18. The molecule has 4 aromatic rings. The Labute approximate surface area is 235 Å². The summed E-state index contributed by atoms with van der Waals surface area (Å²) in [5.74, 6) is 3.49. The number of nitrogens with zero attached hydrogens (tertiary/aromatic N) is 3. The van der Waals surface area contributed by atoms with Gasteiger partial charge in [0.2, 0.25) is 0 Å².